The van der Waals surface area contributed by atoms with E-state index in [1.807, 2.05) is 11.9 Å². The van der Waals surface area contributed by atoms with Gasteiger partial charge in [0.2, 0.25) is 0 Å². The zero-order valence-corrected chi connectivity index (χ0v) is 14.5. The van der Waals surface area contributed by atoms with Crippen LogP contribution < -0.4 is 0 Å². The van der Waals surface area contributed by atoms with Crippen molar-refractivity contribution in [2.45, 2.75) is 19.8 Å². The Morgan fingerprint density at radius 2 is 2.04 bits per heavy atom. The van der Waals surface area contributed by atoms with Gasteiger partial charge in [0.25, 0.3) is 5.91 Å². The van der Waals surface area contributed by atoms with E-state index in [2.05, 4.69) is 28.4 Å². The lowest BCUT2D eigenvalue weighted by atomic mass is 9.94. The molecule has 0 N–H and O–H groups in total. The average molecular weight is 330 g/mol. The molecule has 3 heterocycles. The molecule has 122 valence electrons. The average Bonchev–Trinajstić information content (AvgIpc) is 3.17. The molecule has 5 nitrogen and oxygen atoms in total. The first kappa shape index (κ1) is 14.9. The highest BCUT2D eigenvalue weighted by Gasteiger charge is 2.31. The fraction of sp³-hybridized carbons (Fsp3) is 0.529. The number of piperazine rings is 1. The third kappa shape index (κ3) is 2.40. The standard InChI is InChI=1S/C17H22N4OS/c1-3-20-7-9-21(10-8-20)17(22)16-13-4-5-14-12(6-11-23-14)15(13)18-19(16)2/h6,11H,3-5,7-10H2,1-2H3. The molecule has 4 rings (SSSR count). The molecule has 0 radical (unpaired) electrons. The molecule has 2 aromatic rings. The minimum absolute atomic E-state index is 0.149. The highest BCUT2D eigenvalue weighted by molar-refractivity contribution is 7.10. The van der Waals surface area contributed by atoms with Gasteiger partial charge in [0.05, 0.1) is 5.69 Å². The minimum Gasteiger partial charge on any atom is -0.335 e. The SMILES string of the molecule is CCN1CCN(C(=O)c2c3c(nn2C)-c2ccsc2CC3)CC1. The van der Waals surface area contributed by atoms with Gasteiger partial charge in [-0.2, -0.15) is 5.10 Å². The third-order valence-electron chi connectivity index (χ3n) is 5.06. The van der Waals surface area contributed by atoms with Gasteiger partial charge in [-0.05, 0) is 30.8 Å². The molecule has 0 atom stereocenters. The quantitative estimate of drug-likeness (QED) is 0.846. The predicted octanol–water partition coefficient (Wildman–Crippen LogP) is 2.02. The molecule has 1 amide bonds. The molecule has 2 aromatic heterocycles. The summed E-state index contributed by atoms with van der Waals surface area (Å²) in [5, 5.41) is 6.80. The summed E-state index contributed by atoms with van der Waals surface area (Å²) in [5.74, 6) is 0.149. The molecule has 6 heteroatoms. The number of rotatable bonds is 2. The van der Waals surface area contributed by atoms with Crippen LogP contribution >= 0.6 is 11.3 Å². The van der Waals surface area contributed by atoms with E-state index in [-0.39, 0.29) is 5.91 Å². The van der Waals surface area contributed by atoms with E-state index in [4.69, 9.17) is 0 Å². The monoisotopic (exact) mass is 330 g/mol. The normalized spacial score (nSPS) is 17.9. The van der Waals surface area contributed by atoms with Crippen molar-refractivity contribution >= 4 is 17.2 Å². The Hall–Kier alpha value is -1.66. The fourth-order valence-electron chi connectivity index (χ4n) is 3.69. The molecule has 0 bridgehead atoms. The summed E-state index contributed by atoms with van der Waals surface area (Å²) in [7, 11) is 1.90. The Bertz CT molecular complexity index is 740. The fourth-order valence-corrected chi connectivity index (χ4v) is 4.57. The maximum absolute atomic E-state index is 13.0. The van der Waals surface area contributed by atoms with Crippen LogP contribution in [0.15, 0.2) is 11.4 Å². The van der Waals surface area contributed by atoms with Crippen LogP contribution in [0.25, 0.3) is 11.3 Å². The molecule has 0 spiro atoms. The maximum Gasteiger partial charge on any atom is 0.272 e. The lowest BCUT2D eigenvalue weighted by Crippen LogP contribution is -2.49. The van der Waals surface area contributed by atoms with Crippen molar-refractivity contribution in [3.8, 4) is 11.3 Å². The number of nitrogens with zero attached hydrogens (tertiary/aromatic N) is 4. The lowest BCUT2D eigenvalue weighted by molar-refractivity contribution is 0.0631. The van der Waals surface area contributed by atoms with Crippen LogP contribution in [0.2, 0.25) is 0 Å². The van der Waals surface area contributed by atoms with Crippen LogP contribution in [0, 0.1) is 0 Å². The Morgan fingerprint density at radius 3 is 2.78 bits per heavy atom. The second kappa shape index (κ2) is 5.76. The molecule has 1 aliphatic carbocycles. The molecule has 23 heavy (non-hydrogen) atoms. The van der Waals surface area contributed by atoms with Crippen LogP contribution in [0.1, 0.15) is 27.9 Å². The topological polar surface area (TPSA) is 41.4 Å². The van der Waals surface area contributed by atoms with Crippen molar-refractivity contribution < 1.29 is 4.79 Å². The molecule has 0 aromatic carbocycles. The number of hydrogen-bond donors (Lipinski definition) is 0. The maximum atomic E-state index is 13.0. The largest absolute Gasteiger partial charge is 0.335 e. The van der Waals surface area contributed by atoms with Crippen molar-refractivity contribution in [3.63, 3.8) is 0 Å². The van der Waals surface area contributed by atoms with Gasteiger partial charge < -0.3 is 9.80 Å². The molecular formula is C17H22N4OS. The first-order valence-electron chi connectivity index (χ1n) is 8.33. The predicted molar refractivity (Wildman–Crippen MR) is 91.9 cm³/mol. The second-order valence-electron chi connectivity index (χ2n) is 6.28. The molecule has 1 fully saturated rings. The molecule has 0 unspecified atom stereocenters. The number of likely N-dealkylation sites (N-methyl/N-ethyl adjacent to an activating group) is 1. The number of amides is 1. The van der Waals surface area contributed by atoms with E-state index in [0.29, 0.717) is 0 Å². The van der Waals surface area contributed by atoms with Gasteiger partial charge in [0.1, 0.15) is 5.69 Å². The van der Waals surface area contributed by atoms with Crippen molar-refractivity contribution in [2.24, 2.45) is 7.05 Å². The van der Waals surface area contributed by atoms with Crippen molar-refractivity contribution in [1.82, 2.24) is 19.6 Å². The summed E-state index contributed by atoms with van der Waals surface area (Å²) in [6.07, 6.45) is 1.95. The van der Waals surface area contributed by atoms with Crippen molar-refractivity contribution in [1.29, 1.82) is 0 Å². The molecule has 1 saturated heterocycles. The number of carbonyl (C=O) groups excluding carboxylic acids is 1. The Kier molecular flexibility index (Phi) is 3.73. The van der Waals surface area contributed by atoms with Gasteiger partial charge in [-0.25, -0.2) is 0 Å². The summed E-state index contributed by atoms with van der Waals surface area (Å²) < 4.78 is 1.80. The summed E-state index contributed by atoms with van der Waals surface area (Å²) >= 11 is 1.79. The van der Waals surface area contributed by atoms with E-state index < -0.39 is 0 Å². The lowest BCUT2D eigenvalue weighted by Gasteiger charge is -2.34. The van der Waals surface area contributed by atoms with Crippen LogP contribution in [0.3, 0.4) is 0 Å². The first-order valence-corrected chi connectivity index (χ1v) is 9.21. The smallest absolute Gasteiger partial charge is 0.272 e. The van der Waals surface area contributed by atoms with E-state index in [9.17, 15) is 4.79 Å². The zero-order valence-electron chi connectivity index (χ0n) is 13.7. The number of aromatic nitrogens is 2. The van der Waals surface area contributed by atoms with Crippen LogP contribution in [-0.2, 0) is 19.9 Å². The van der Waals surface area contributed by atoms with Crippen molar-refractivity contribution in [2.75, 3.05) is 32.7 Å². The Balaban J connectivity index is 1.65. The van der Waals surface area contributed by atoms with Crippen LogP contribution in [0.5, 0.6) is 0 Å². The highest BCUT2D eigenvalue weighted by atomic mass is 32.1. The number of aryl methyl sites for hydroxylation is 2. The zero-order chi connectivity index (χ0) is 16.0. The second-order valence-corrected chi connectivity index (χ2v) is 7.28. The van der Waals surface area contributed by atoms with E-state index in [0.717, 1.165) is 62.5 Å². The van der Waals surface area contributed by atoms with Crippen LogP contribution in [0.4, 0.5) is 0 Å². The van der Waals surface area contributed by atoms with Gasteiger partial charge in [-0.1, -0.05) is 6.92 Å². The summed E-state index contributed by atoms with van der Waals surface area (Å²) in [4.78, 5) is 18.8. The molecule has 1 aliphatic heterocycles. The van der Waals surface area contributed by atoms with Gasteiger partial charge in [0, 0.05) is 49.2 Å². The number of hydrogen-bond acceptors (Lipinski definition) is 4. The van der Waals surface area contributed by atoms with Gasteiger partial charge >= 0.3 is 0 Å². The summed E-state index contributed by atoms with van der Waals surface area (Å²) in [6, 6.07) is 2.14. The Labute approximate surface area is 140 Å². The summed E-state index contributed by atoms with van der Waals surface area (Å²) in [6.45, 7) is 6.80. The number of carbonyl (C=O) groups is 1. The van der Waals surface area contributed by atoms with Crippen LogP contribution in [-0.4, -0.2) is 58.2 Å². The van der Waals surface area contributed by atoms with Gasteiger partial charge in [-0.3, -0.25) is 9.48 Å². The first-order chi connectivity index (χ1) is 11.2. The van der Waals surface area contributed by atoms with Gasteiger partial charge in [-0.15, -0.1) is 11.3 Å². The molecule has 0 saturated carbocycles. The third-order valence-corrected chi connectivity index (χ3v) is 6.04. The summed E-state index contributed by atoms with van der Waals surface area (Å²) in [5.41, 5.74) is 4.18. The van der Waals surface area contributed by atoms with E-state index >= 15 is 0 Å². The van der Waals surface area contributed by atoms with E-state index in [1.165, 1.54) is 10.4 Å². The number of fused-ring (bicyclic) bond motifs is 3. The number of thiophene rings is 1. The Morgan fingerprint density at radius 1 is 1.26 bits per heavy atom. The van der Waals surface area contributed by atoms with Crippen molar-refractivity contribution in [3.05, 3.63) is 27.6 Å². The molecular weight excluding hydrogens is 308 g/mol. The highest BCUT2D eigenvalue weighted by Crippen LogP contribution is 2.37. The van der Waals surface area contributed by atoms with E-state index in [1.54, 1.807) is 16.0 Å². The minimum atomic E-state index is 0.149. The molecule has 2 aliphatic rings. The van der Waals surface area contributed by atoms with Gasteiger partial charge in [0.15, 0.2) is 0 Å².